The van der Waals surface area contributed by atoms with Gasteiger partial charge in [0.05, 0.1) is 0 Å². The molecule has 0 aliphatic carbocycles. The Morgan fingerprint density at radius 2 is 2.11 bits per heavy atom. The van der Waals surface area contributed by atoms with Crippen molar-refractivity contribution in [3.05, 3.63) is 41.8 Å². The molecular weight excluding hydrogens is 234 g/mol. The molecule has 1 N–H and O–H groups in total. The van der Waals surface area contributed by atoms with E-state index in [2.05, 4.69) is 5.16 Å². The standard InChI is InChI=1S/C13H9NO4/c1-7-4-8-2-3-9(5-11(8)17-7)12-6-10(13(15)16)14-18-12/h2-6H,1H3,(H,15,16). The lowest BCUT2D eigenvalue weighted by molar-refractivity contribution is 0.0686. The number of benzene rings is 1. The lowest BCUT2D eigenvalue weighted by atomic mass is 10.1. The van der Waals surface area contributed by atoms with Crippen molar-refractivity contribution in [2.75, 3.05) is 0 Å². The Kier molecular flexibility index (Phi) is 2.19. The van der Waals surface area contributed by atoms with Gasteiger partial charge in [0.2, 0.25) is 0 Å². The quantitative estimate of drug-likeness (QED) is 0.748. The minimum Gasteiger partial charge on any atom is -0.476 e. The van der Waals surface area contributed by atoms with Gasteiger partial charge in [-0.25, -0.2) is 4.79 Å². The molecule has 0 fully saturated rings. The average molecular weight is 243 g/mol. The second-order valence-corrected chi connectivity index (χ2v) is 3.99. The van der Waals surface area contributed by atoms with Crippen LogP contribution in [0.2, 0.25) is 0 Å². The van der Waals surface area contributed by atoms with Crippen molar-refractivity contribution in [2.45, 2.75) is 6.92 Å². The third kappa shape index (κ3) is 1.66. The highest BCUT2D eigenvalue weighted by molar-refractivity contribution is 5.87. The Labute approximate surface area is 102 Å². The molecule has 0 atom stereocenters. The van der Waals surface area contributed by atoms with Crippen LogP contribution in [0.4, 0.5) is 0 Å². The first-order valence-corrected chi connectivity index (χ1v) is 5.34. The zero-order valence-corrected chi connectivity index (χ0v) is 9.51. The number of aromatic carboxylic acids is 1. The maximum atomic E-state index is 10.7. The first-order valence-electron chi connectivity index (χ1n) is 5.34. The molecule has 0 saturated carbocycles. The van der Waals surface area contributed by atoms with Crippen LogP contribution in [0.5, 0.6) is 0 Å². The number of rotatable bonds is 2. The minimum atomic E-state index is -1.11. The fourth-order valence-electron chi connectivity index (χ4n) is 1.83. The highest BCUT2D eigenvalue weighted by Crippen LogP contribution is 2.26. The first-order chi connectivity index (χ1) is 8.63. The maximum Gasteiger partial charge on any atom is 0.358 e. The van der Waals surface area contributed by atoms with Crippen molar-refractivity contribution in [3.8, 4) is 11.3 Å². The molecule has 2 heterocycles. The van der Waals surface area contributed by atoms with E-state index in [9.17, 15) is 4.79 Å². The van der Waals surface area contributed by atoms with E-state index < -0.39 is 5.97 Å². The van der Waals surface area contributed by atoms with Gasteiger partial charge in [0.25, 0.3) is 0 Å². The van der Waals surface area contributed by atoms with Crippen molar-refractivity contribution in [1.82, 2.24) is 5.16 Å². The van der Waals surface area contributed by atoms with Gasteiger partial charge < -0.3 is 14.0 Å². The number of carboxylic acids is 1. The molecular formula is C13H9NO4. The topological polar surface area (TPSA) is 76.5 Å². The molecule has 0 bridgehead atoms. The zero-order valence-electron chi connectivity index (χ0n) is 9.51. The third-order valence-corrected chi connectivity index (χ3v) is 2.66. The fraction of sp³-hybridized carbons (Fsp3) is 0.0769. The van der Waals surface area contributed by atoms with Crippen LogP contribution in [-0.4, -0.2) is 16.2 Å². The van der Waals surface area contributed by atoms with Gasteiger partial charge in [0.1, 0.15) is 11.3 Å². The summed E-state index contributed by atoms with van der Waals surface area (Å²) >= 11 is 0. The number of hydrogen-bond donors (Lipinski definition) is 1. The normalized spacial score (nSPS) is 10.9. The van der Waals surface area contributed by atoms with Gasteiger partial charge >= 0.3 is 5.97 Å². The highest BCUT2D eigenvalue weighted by Gasteiger charge is 2.13. The van der Waals surface area contributed by atoms with Gasteiger partial charge in [-0.15, -0.1) is 0 Å². The molecule has 90 valence electrons. The van der Waals surface area contributed by atoms with Crippen molar-refractivity contribution in [3.63, 3.8) is 0 Å². The summed E-state index contributed by atoms with van der Waals surface area (Å²) in [5, 5.41) is 13.2. The van der Waals surface area contributed by atoms with Crippen LogP contribution < -0.4 is 0 Å². The van der Waals surface area contributed by atoms with Crippen molar-refractivity contribution in [2.24, 2.45) is 0 Å². The molecule has 3 aromatic rings. The molecule has 0 amide bonds. The molecule has 3 rings (SSSR count). The molecule has 0 aliphatic heterocycles. The average Bonchev–Trinajstić information content (AvgIpc) is 2.91. The van der Waals surface area contributed by atoms with E-state index in [1.54, 1.807) is 6.07 Å². The van der Waals surface area contributed by atoms with Crippen molar-refractivity contribution >= 4 is 16.9 Å². The van der Waals surface area contributed by atoms with Crippen LogP contribution in [0.1, 0.15) is 16.2 Å². The largest absolute Gasteiger partial charge is 0.476 e. The zero-order chi connectivity index (χ0) is 12.7. The molecule has 5 nitrogen and oxygen atoms in total. The number of carboxylic acid groups (broad SMARTS) is 1. The molecule has 0 radical (unpaired) electrons. The molecule has 18 heavy (non-hydrogen) atoms. The van der Waals surface area contributed by atoms with Gasteiger partial charge in [-0.05, 0) is 19.1 Å². The number of hydrogen-bond acceptors (Lipinski definition) is 4. The number of furan rings is 1. The molecule has 0 aliphatic rings. The van der Waals surface area contributed by atoms with E-state index in [0.29, 0.717) is 5.76 Å². The summed E-state index contributed by atoms with van der Waals surface area (Å²) in [6.07, 6.45) is 0. The summed E-state index contributed by atoms with van der Waals surface area (Å²) in [5.41, 5.74) is 1.36. The Morgan fingerprint density at radius 3 is 2.83 bits per heavy atom. The lowest BCUT2D eigenvalue weighted by Crippen LogP contribution is -1.94. The van der Waals surface area contributed by atoms with Gasteiger partial charge in [-0.3, -0.25) is 0 Å². The van der Waals surface area contributed by atoms with E-state index in [0.717, 1.165) is 22.3 Å². The summed E-state index contributed by atoms with van der Waals surface area (Å²) in [7, 11) is 0. The van der Waals surface area contributed by atoms with Crippen molar-refractivity contribution < 1.29 is 18.8 Å². The van der Waals surface area contributed by atoms with E-state index in [-0.39, 0.29) is 5.69 Å². The Morgan fingerprint density at radius 1 is 1.28 bits per heavy atom. The predicted molar refractivity (Wildman–Crippen MR) is 63.4 cm³/mol. The molecule has 0 saturated heterocycles. The van der Waals surface area contributed by atoms with E-state index in [4.69, 9.17) is 14.0 Å². The maximum absolute atomic E-state index is 10.7. The summed E-state index contributed by atoms with van der Waals surface area (Å²) in [5.74, 6) is 0.120. The monoisotopic (exact) mass is 243 g/mol. The molecule has 1 aromatic carbocycles. The van der Waals surface area contributed by atoms with Crippen LogP contribution in [0.25, 0.3) is 22.3 Å². The Hall–Kier alpha value is -2.56. The number of aromatic nitrogens is 1. The van der Waals surface area contributed by atoms with Crippen LogP contribution in [0.3, 0.4) is 0 Å². The number of nitrogens with zero attached hydrogens (tertiary/aromatic N) is 1. The third-order valence-electron chi connectivity index (χ3n) is 2.66. The molecule has 5 heteroatoms. The second kappa shape index (κ2) is 3.73. The van der Waals surface area contributed by atoms with E-state index in [1.165, 1.54) is 6.07 Å². The van der Waals surface area contributed by atoms with Gasteiger partial charge in [0, 0.05) is 17.0 Å². The molecule has 2 aromatic heterocycles. The van der Waals surface area contributed by atoms with E-state index in [1.807, 2.05) is 25.1 Å². The van der Waals surface area contributed by atoms with Gasteiger partial charge in [-0.2, -0.15) is 0 Å². The summed E-state index contributed by atoms with van der Waals surface area (Å²) in [4.78, 5) is 10.7. The number of fused-ring (bicyclic) bond motifs is 1. The Bertz CT molecular complexity index is 738. The molecule has 0 spiro atoms. The first kappa shape index (κ1) is 10.6. The van der Waals surface area contributed by atoms with Gasteiger partial charge in [0.15, 0.2) is 11.5 Å². The van der Waals surface area contributed by atoms with Crippen LogP contribution >= 0.6 is 0 Å². The SMILES string of the molecule is Cc1cc2ccc(-c3cc(C(=O)O)no3)cc2o1. The van der Waals surface area contributed by atoms with Crippen LogP contribution in [0.15, 0.2) is 39.3 Å². The van der Waals surface area contributed by atoms with E-state index >= 15 is 0 Å². The minimum absolute atomic E-state index is 0.110. The van der Waals surface area contributed by atoms with Crippen LogP contribution in [0, 0.1) is 6.92 Å². The second-order valence-electron chi connectivity index (χ2n) is 3.99. The smallest absolute Gasteiger partial charge is 0.358 e. The highest BCUT2D eigenvalue weighted by atomic mass is 16.5. The summed E-state index contributed by atoms with van der Waals surface area (Å²) in [6.45, 7) is 1.87. The number of carbonyl (C=O) groups is 1. The number of aryl methyl sites for hydroxylation is 1. The fourth-order valence-corrected chi connectivity index (χ4v) is 1.83. The Balaban J connectivity index is 2.09. The summed E-state index contributed by atoms with van der Waals surface area (Å²) in [6, 6.07) is 8.85. The lowest BCUT2D eigenvalue weighted by Gasteiger charge is -1.94. The van der Waals surface area contributed by atoms with Crippen LogP contribution in [-0.2, 0) is 0 Å². The van der Waals surface area contributed by atoms with Crippen molar-refractivity contribution in [1.29, 1.82) is 0 Å². The predicted octanol–water partition coefficient (Wildman–Crippen LogP) is 3.09. The van der Waals surface area contributed by atoms with Gasteiger partial charge in [-0.1, -0.05) is 17.3 Å². The molecule has 0 unspecified atom stereocenters. The summed E-state index contributed by atoms with van der Waals surface area (Å²) < 4.78 is 10.5.